The van der Waals surface area contributed by atoms with Crippen LogP contribution in [0.1, 0.15) is 28.9 Å². The van der Waals surface area contributed by atoms with Crippen molar-refractivity contribution in [3.63, 3.8) is 0 Å². The predicted octanol–water partition coefficient (Wildman–Crippen LogP) is 2.17. The molecule has 24 heavy (non-hydrogen) atoms. The molecule has 0 bridgehead atoms. The van der Waals surface area contributed by atoms with Gasteiger partial charge in [-0.25, -0.2) is 4.68 Å². The predicted molar refractivity (Wildman–Crippen MR) is 95.2 cm³/mol. The van der Waals surface area contributed by atoms with Gasteiger partial charge >= 0.3 is 0 Å². The molecule has 7 heteroatoms. The molecule has 2 N–H and O–H groups in total. The van der Waals surface area contributed by atoms with Crippen LogP contribution in [0.2, 0.25) is 0 Å². The van der Waals surface area contributed by atoms with E-state index in [-0.39, 0.29) is 24.4 Å². The van der Waals surface area contributed by atoms with Gasteiger partial charge in [0.2, 0.25) is 0 Å². The molecule has 0 aliphatic carbocycles. The van der Waals surface area contributed by atoms with Gasteiger partial charge in [-0.2, -0.15) is 5.10 Å². The maximum atomic E-state index is 12.6. The number of hydrogen-bond donors (Lipinski definition) is 1. The van der Waals surface area contributed by atoms with Crippen molar-refractivity contribution in [3.8, 4) is 11.4 Å². The second-order valence-corrected chi connectivity index (χ2v) is 5.85. The zero-order valence-electron chi connectivity index (χ0n) is 13.9. The van der Waals surface area contributed by atoms with Crippen LogP contribution in [0.5, 0.6) is 5.75 Å². The molecule has 2 heterocycles. The number of methoxy groups -OCH3 is 1. The molecule has 0 radical (unpaired) electrons. The molecule has 1 atom stereocenters. The molecule has 1 fully saturated rings. The fourth-order valence-electron chi connectivity index (χ4n) is 3.05. The van der Waals surface area contributed by atoms with Crippen LogP contribution in [0.25, 0.3) is 5.69 Å². The largest absolute Gasteiger partial charge is 0.494 e. The molecular formula is C17H23ClN4O2. The van der Waals surface area contributed by atoms with Crippen molar-refractivity contribution in [3.05, 3.63) is 41.7 Å². The Morgan fingerprint density at radius 3 is 2.92 bits per heavy atom. The first-order chi connectivity index (χ1) is 11.1. The van der Waals surface area contributed by atoms with E-state index in [1.807, 2.05) is 30.0 Å². The highest BCUT2D eigenvalue weighted by molar-refractivity contribution is 5.92. The van der Waals surface area contributed by atoms with E-state index in [4.69, 9.17) is 10.5 Å². The van der Waals surface area contributed by atoms with E-state index < -0.39 is 0 Å². The van der Waals surface area contributed by atoms with Gasteiger partial charge in [-0.15, -0.1) is 12.4 Å². The van der Waals surface area contributed by atoms with E-state index in [9.17, 15) is 4.79 Å². The van der Waals surface area contributed by atoms with Crippen molar-refractivity contribution in [2.45, 2.75) is 25.8 Å². The standard InChI is InChI=1S/C17H22N4O2.ClH/c1-12-5-6-16(23-2)15(10-12)21-9-7-14(19-21)17(22)20-8-3-4-13(20)11-18;/h5-7,9-10,13H,3-4,8,11,18H2,1-2H3;1H. The number of carbonyl (C=O) groups excluding carboxylic acids is 1. The van der Waals surface area contributed by atoms with Gasteiger partial charge in [0.25, 0.3) is 5.91 Å². The third-order valence-corrected chi connectivity index (χ3v) is 4.30. The summed E-state index contributed by atoms with van der Waals surface area (Å²) in [6.07, 6.45) is 3.76. The Kier molecular flexibility index (Phi) is 5.85. The number of likely N-dealkylation sites (tertiary alicyclic amines) is 1. The number of amides is 1. The van der Waals surface area contributed by atoms with Crippen molar-refractivity contribution < 1.29 is 9.53 Å². The van der Waals surface area contributed by atoms with E-state index in [0.717, 1.165) is 36.4 Å². The van der Waals surface area contributed by atoms with E-state index >= 15 is 0 Å². The molecule has 1 unspecified atom stereocenters. The van der Waals surface area contributed by atoms with Crippen LogP contribution in [-0.4, -0.2) is 46.8 Å². The summed E-state index contributed by atoms with van der Waals surface area (Å²) >= 11 is 0. The summed E-state index contributed by atoms with van der Waals surface area (Å²) in [6.45, 7) is 3.26. The van der Waals surface area contributed by atoms with Crippen molar-refractivity contribution in [2.24, 2.45) is 5.73 Å². The Balaban J connectivity index is 0.00000208. The highest BCUT2D eigenvalue weighted by Crippen LogP contribution is 2.24. The second kappa shape index (κ2) is 7.68. The quantitative estimate of drug-likeness (QED) is 0.917. The highest BCUT2D eigenvalue weighted by Gasteiger charge is 2.29. The molecule has 1 aliphatic heterocycles. The third-order valence-electron chi connectivity index (χ3n) is 4.30. The maximum absolute atomic E-state index is 12.6. The van der Waals surface area contributed by atoms with E-state index in [2.05, 4.69) is 5.10 Å². The van der Waals surface area contributed by atoms with Crippen LogP contribution in [0, 0.1) is 6.92 Å². The fourth-order valence-corrected chi connectivity index (χ4v) is 3.05. The monoisotopic (exact) mass is 350 g/mol. The van der Waals surface area contributed by atoms with Crippen LogP contribution >= 0.6 is 12.4 Å². The first kappa shape index (κ1) is 18.3. The SMILES string of the molecule is COc1ccc(C)cc1-n1ccc(C(=O)N2CCCC2CN)n1.Cl. The molecule has 2 aromatic rings. The van der Waals surface area contributed by atoms with Crippen molar-refractivity contribution in [1.82, 2.24) is 14.7 Å². The molecule has 130 valence electrons. The zero-order valence-corrected chi connectivity index (χ0v) is 14.8. The Labute approximate surface area is 148 Å². The molecule has 0 spiro atoms. The second-order valence-electron chi connectivity index (χ2n) is 5.85. The normalized spacial score (nSPS) is 16.8. The Morgan fingerprint density at radius 1 is 1.42 bits per heavy atom. The molecule has 1 saturated heterocycles. The lowest BCUT2D eigenvalue weighted by molar-refractivity contribution is 0.0734. The van der Waals surface area contributed by atoms with E-state index in [1.54, 1.807) is 24.1 Å². The van der Waals surface area contributed by atoms with Gasteiger partial charge in [0.15, 0.2) is 5.69 Å². The minimum Gasteiger partial charge on any atom is -0.494 e. The van der Waals surface area contributed by atoms with Crippen molar-refractivity contribution in [2.75, 3.05) is 20.2 Å². The summed E-state index contributed by atoms with van der Waals surface area (Å²) in [5, 5.41) is 4.45. The van der Waals surface area contributed by atoms with Crippen LogP contribution in [0.3, 0.4) is 0 Å². The number of nitrogens with two attached hydrogens (primary N) is 1. The molecular weight excluding hydrogens is 328 g/mol. The highest BCUT2D eigenvalue weighted by atomic mass is 35.5. The first-order valence-electron chi connectivity index (χ1n) is 7.85. The number of carbonyl (C=O) groups is 1. The Morgan fingerprint density at radius 2 is 2.21 bits per heavy atom. The summed E-state index contributed by atoms with van der Waals surface area (Å²) in [4.78, 5) is 14.5. The summed E-state index contributed by atoms with van der Waals surface area (Å²) in [5.41, 5.74) is 8.12. The molecule has 3 rings (SSSR count). The number of nitrogens with zero attached hydrogens (tertiary/aromatic N) is 3. The lowest BCUT2D eigenvalue weighted by Gasteiger charge is -2.22. The van der Waals surface area contributed by atoms with Crippen molar-refractivity contribution in [1.29, 1.82) is 0 Å². The molecule has 1 amide bonds. The van der Waals surface area contributed by atoms with Crippen LogP contribution < -0.4 is 10.5 Å². The molecule has 1 aliphatic rings. The molecule has 1 aromatic heterocycles. The zero-order chi connectivity index (χ0) is 16.4. The maximum Gasteiger partial charge on any atom is 0.274 e. The summed E-state index contributed by atoms with van der Waals surface area (Å²) < 4.78 is 7.07. The summed E-state index contributed by atoms with van der Waals surface area (Å²) in [6, 6.07) is 7.74. The fraction of sp³-hybridized carbons (Fsp3) is 0.412. The number of rotatable bonds is 4. The number of aromatic nitrogens is 2. The van der Waals surface area contributed by atoms with E-state index in [0.29, 0.717) is 12.2 Å². The topological polar surface area (TPSA) is 73.4 Å². The Hall–Kier alpha value is -2.05. The minimum absolute atomic E-state index is 0. The number of benzene rings is 1. The van der Waals surface area contributed by atoms with Crippen LogP contribution in [0.15, 0.2) is 30.5 Å². The van der Waals surface area contributed by atoms with Gasteiger partial charge in [0.1, 0.15) is 11.4 Å². The number of aryl methyl sites for hydroxylation is 1. The first-order valence-corrected chi connectivity index (χ1v) is 7.85. The summed E-state index contributed by atoms with van der Waals surface area (Å²) in [5.74, 6) is 0.669. The number of ether oxygens (including phenoxy) is 1. The van der Waals surface area contributed by atoms with Crippen molar-refractivity contribution >= 4 is 18.3 Å². The van der Waals surface area contributed by atoms with Gasteiger partial charge in [-0.3, -0.25) is 4.79 Å². The van der Waals surface area contributed by atoms with Crippen LogP contribution in [0.4, 0.5) is 0 Å². The van der Waals surface area contributed by atoms with Crippen LogP contribution in [-0.2, 0) is 0 Å². The van der Waals surface area contributed by atoms with Gasteiger partial charge < -0.3 is 15.4 Å². The number of halogens is 1. The summed E-state index contributed by atoms with van der Waals surface area (Å²) in [7, 11) is 1.62. The average Bonchev–Trinajstić information content (AvgIpc) is 3.23. The Bertz CT molecular complexity index is 716. The average molecular weight is 351 g/mol. The lowest BCUT2D eigenvalue weighted by atomic mass is 10.2. The third kappa shape index (κ3) is 3.39. The van der Waals surface area contributed by atoms with Gasteiger partial charge in [-0.1, -0.05) is 6.07 Å². The molecule has 0 saturated carbocycles. The van der Waals surface area contributed by atoms with Gasteiger partial charge in [0, 0.05) is 25.3 Å². The lowest BCUT2D eigenvalue weighted by Crippen LogP contribution is -2.40. The molecule has 1 aromatic carbocycles. The van der Waals surface area contributed by atoms with E-state index in [1.165, 1.54) is 0 Å². The molecule has 6 nitrogen and oxygen atoms in total. The van der Waals surface area contributed by atoms with Gasteiger partial charge in [-0.05, 0) is 43.5 Å². The van der Waals surface area contributed by atoms with Gasteiger partial charge in [0.05, 0.1) is 7.11 Å². The minimum atomic E-state index is -0.0525. The smallest absolute Gasteiger partial charge is 0.274 e. The number of hydrogen-bond acceptors (Lipinski definition) is 4.